The highest BCUT2D eigenvalue weighted by Gasteiger charge is 2.23. The van der Waals surface area contributed by atoms with Crippen LogP contribution in [-0.4, -0.2) is 66.4 Å². The third-order valence-corrected chi connectivity index (χ3v) is 3.67. The molecular formula is C12H22N2O4S. The third kappa shape index (κ3) is 6.68. The molecular weight excluding hydrogens is 268 g/mol. The summed E-state index contributed by atoms with van der Waals surface area (Å²) in [5.41, 5.74) is 0. The lowest BCUT2D eigenvalue weighted by Crippen LogP contribution is -2.46. The maximum Gasteiger partial charge on any atom is 0.329 e. The van der Waals surface area contributed by atoms with Crippen LogP contribution in [0, 0.1) is 0 Å². The van der Waals surface area contributed by atoms with E-state index in [1.165, 1.54) is 0 Å². The number of carboxylic acids is 1. The Morgan fingerprint density at radius 2 is 2.11 bits per heavy atom. The number of carboxylic acid groups (broad SMARTS) is 1. The SMILES string of the molecule is CSCCCNC(=O)N1CCC(OCC(=O)O)CC1. The number of ether oxygens (including phenoxy) is 1. The van der Waals surface area contributed by atoms with Crippen molar-refractivity contribution in [1.29, 1.82) is 0 Å². The van der Waals surface area contributed by atoms with Gasteiger partial charge in [0.25, 0.3) is 0 Å². The highest BCUT2D eigenvalue weighted by atomic mass is 32.2. The fourth-order valence-corrected chi connectivity index (χ4v) is 2.37. The minimum Gasteiger partial charge on any atom is -0.480 e. The van der Waals surface area contributed by atoms with E-state index in [1.807, 2.05) is 6.26 Å². The number of nitrogens with zero attached hydrogens (tertiary/aromatic N) is 1. The van der Waals surface area contributed by atoms with Gasteiger partial charge in [0.2, 0.25) is 0 Å². The zero-order chi connectivity index (χ0) is 14.1. The number of likely N-dealkylation sites (tertiary alicyclic amines) is 1. The smallest absolute Gasteiger partial charge is 0.329 e. The molecule has 1 heterocycles. The predicted octanol–water partition coefficient (Wildman–Crippen LogP) is 1.01. The molecule has 0 saturated carbocycles. The van der Waals surface area contributed by atoms with Gasteiger partial charge in [-0.05, 0) is 31.3 Å². The van der Waals surface area contributed by atoms with Gasteiger partial charge in [0, 0.05) is 19.6 Å². The molecule has 19 heavy (non-hydrogen) atoms. The molecule has 0 spiro atoms. The lowest BCUT2D eigenvalue weighted by molar-refractivity contribution is -0.145. The second-order valence-corrected chi connectivity index (χ2v) is 5.46. The van der Waals surface area contributed by atoms with Crippen LogP contribution in [0.1, 0.15) is 19.3 Å². The topological polar surface area (TPSA) is 78.9 Å². The largest absolute Gasteiger partial charge is 0.480 e. The van der Waals surface area contributed by atoms with Crippen LogP contribution in [0.4, 0.5) is 4.79 Å². The van der Waals surface area contributed by atoms with E-state index in [9.17, 15) is 9.59 Å². The van der Waals surface area contributed by atoms with E-state index in [1.54, 1.807) is 16.7 Å². The van der Waals surface area contributed by atoms with Crippen molar-refractivity contribution in [3.05, 3.63) is 0 Å². The normalized spacial score (nSPS) is 16.4. The van der Waals surface area contributed by atoms with Gasteiger partial charge in [-0.15, -0.1) is 0 Å². The number of amides is 2. The van der Waals surface area contributed by atoms with Gasteiger partial charge in [-0.25, -0.2) is 9.59 Å². The van der Waals surface area contributed by atoms with Crippen LogP contribution >= 0.6 is 11.8 Å². The first-order chi connectivity index (χ1) is 9.13. The second-order valence-electron chi connectivity index (χ2n) is 4.47. The molecule has 2 N–H and O–H groups in total. The van der Waals surface area contributed by atoms with Gasteiger partial charge in [-0.2, -0.15) is 11.8 Å². The van der Waals surface area contributed by atoms with Gasteiger partial charge in [0.1, 0.15) is 6.61 Å². The molecule has 1 rings (SSSR count). The molecule has 6 nitrogen and oxygen atoms in total. The first-order valence-corrected chi connectivity index (χ1v) is 7.88. The van der Waals surface area contributed by atoms with Crippen molar-refractivity contribution in [1.82, 2.24) is 10.2 Å². The average Bonchev–Trinajstić information content (AvgIpc) is 2.41. The minimum absolute atomic E-state index is 0.0298. The first-order valence-electron chi connectivity index (χ1n) is 6.48. The molecule has 0 atom stereocenters. The molecule has 1 fully saturated rings. The minimum atomic E-state index is -0.950. The first kappa shape index (κ1) is 16.1. The molecule has 0 aliphatic carbocycles. The monoisotopic (exact) mass is 290 g/mol. The van der Waals surface area contributed by atoms with E-state index in [0.29, 0.717) is 32.5 Å². The summed E-state index contributed by atoms with van der Waals surface area (Å²) in [6.07, 6.45) is 4.38. The zero-order valence-electron chi connectivity index (χ0n) is 11.3. The maximum absolute atomic E-state index is 11.8. The number of rotatable bonds is 7. The number of carbonyl (C=O) groups is 2. The van der Waals surface area contributed by atoms with E-state index in [-0.39, 0.29) is 18.7 Å². The highest BCUT2D eigenvalue weighted by Crippen LogP contribution is 2.13. The van der Waals surface area contributed by atoms with Gasteiger partial charge in [0.15, 0.2) is 0 Å². The van der Waals surface area contributed by atoms with Crippen LogP contribution in [0.3, 0.4) is 0 Å². The molecule has 0 bridgehead atoms. The van der Waals surface area contributed by atoms with Gasteiger partial charge in [0.05, 0.1) is 6.10 Å². The van der Waals surface area contributed by atoms with Crippen molar-refractivity contribution < 1.29 is 19.4 Å². The lowest BCUT2D eigenvalue weighted by Gasteiger charge is -2.31. The van der Waals surface area contributed by atoms with Crippen molar-refractivity contribution in [2.75, 3.05) is 38.2 Å². The Kier molecular flexibility index (Phi) is 7.66. The summed E-state index contributed by atoms with van der Waals surface area (Å²) in [7, 11) is 0. The molecule has 1 aliphatic heterocycles. The Bertz CT molecular complexity index is 293. The predicted molar refractivity (Wildman–Crippen MR) is 74.6 cm³/mol. The Labute approximate surface area is 117 Å². The maximum atomic E-state index is 11.8. The molecule has 1 saturated heterocycles. The molecule has 0 unspecified atom stereocenters. The summed E-state index contributed by atoms with van der Waals surface area (Å²) < 4.78 is 5.22. The van der Waals surface area contributed by atoms with Gasteiger partial charge in [-0.3, -0.25) is 0 Å². The summed E-state index contributed by atoms with van der Waals surface area (Å²) >= 11 is 1.77. The van der Waals surface area contributed by atoms with Crippen LogP contribution in [-0.2, 0) is 9.53 Å². The molecule has 2 amide bonds. The molecule has 110 valence electrons. The zero-order valence-corrected chi connectivity index (χ0v) is 12.1. The fraction of sp³-hybridized carbons (Fsp3) is 0.833. The quantitative estimate of drug-likeness (QED) is 0.684. The summed E-state index contributed by atoms with van der Waals surface area (Å²) in [5.74, 6) is 0.0970. The van der Waals surface area contributed by atoms with Gasteiger partial charge < -0.3 is 20.1 Å². The molecule has 7 heteroatoms. The van der Waals surface area contributed by atoms with E-state index in [0.717, 1.165) is 12.2 Å². The van der Waals surface area contributed by atoms with Crippen molar-refractivity contribution in [2.24, 2.45) is 0 Å². The number of carbonyl (C=O) groups excluding carboxylic acids is 1. The van der Waals surface area contributed by atoms with E-state index in [2.05, 4.69) is 5.32 Å². The number of nitrogens with one attached hydrogen (secondary N) is 1. The molecule has 0 aromatic carbocycles. The second kappa shape index (κ2) is 9.03. The molecule has 0 aromatic rings. The van der Waals surface area contributed by atoms with Crippen LogP contribution in [0.2, 0.25) is 0 Å². The van der Waals surface area contributed by atoms with E-state index >= 15 is 0 Å². The van der Waals surface area contributed by atoms with Gasteiger partial charge in [-0.1, -0.05) is 0 Å². The number of hydrogen-bond donors (Lipinski definition) is 2. The van der Waals surface area contributed by atoms with Crippen LogP contribution in [0.25, 0.3) is 0 Å². The van der Waals surface area contributed by atoms with Crippen molar-refractivity contribution in [3.8, 4) is 0 Å². The van der Waals surface area contributed by atoms with Crippen LogP contribution in [0.15, 0.2) is 0 Å². The highest BCUT2D eigenvalue weighted by molar-refractivity contribution is 7.98. The third-order valence-electron chi connectivity index (χ3n) is 2.97. The summed E-state index contributed by atoms with van der Waals surface area (Å²) in [5, 5.41) is 11.4. The average molecular weight is 290 g/mol. The van der Waals surface area contributed by atoms with E-state index in [4.69, 9.17) is 9.84 Å². The summed E-state index contributed by atoms with van der Waals surface area (Å²) in [6.45, 7) is 1.69. The van der Waals surface area contributed by atoms with Crippen molar-refractivity contribution >= 4 is 23.8 Å². The van der Waals surface area contributed by atoms with Crippen LogP contribution in [0.5, 0.6) is 0 Å². The fourth-order valence-electron chi connectivity index (χ4n) is 1.94. The standard InChI is InChI=1S/C12H22N2O4S/c1-19-8-2-5-13-12(17)14-6-3-10(4-7-14)18-9-11(15)16/h10H,2-9H2,1H3,(H,13,17)(H,15,16). The Hall–Kier alpha value is -0.950. The Morgan fingerprint density at radius 1 is 1.42 bits per heavy atom. The Balaban J connectivity index is 2.14. The van der Waals surface area contributed by atoms with Crippen LogP contribution < -0.4 is 5.32 Å². The van der Waals surface area contributed by atoms with E-state index < -0.39 is 5.97 Å². The number of aliphatic carboxylic acids is 1. The molecule has 1 aliphatic rings. The number of piperidine rings is 1. The Morgan fingerprint density at radius 3 is 2.68 bits per heavy atom. The summed E-state index contributed by atoms with van der Waals surface area (Å²) in [4.78, 5) is 24.0. The number of thioether (sulfide) groups is 1. The van der Waals surface area contributed by atoms with Crippen molar-refractivity contribution in [3.63, 3.8) is 0 Å². The number of hydrogen-bond acceptors (Lipinski definition) is 4. The molecule has 0 aromatic heterocycles. The van der Waals surface area contributed by atoms with Gasteiger partial charge >= 0.3 is 12.0 Å². The lowest BCUT2D eigenvalue weighted by atomic mass is 10.1. The number of urea groups is 1. The molecule has 0 radical (unpaired) electrons. The summed E-state index contributed by atoms with van der Waals surface area (Å²) in [6, 6.07) is -0.0298. The van der Waals surface area contributed by atoms with Crippen molar-refractivity contribution in [2.45, 2.75) is 25.4 Å².